The van der Waals surface area contributed by atoms with Crippen molar-refractivity contribution in [3.8, 4) is 0 Å². The number of benzene rings is 1. The van der Waals surface area contributed by atoms with Gasteiger partial charge in [-0.05, 0) is 31.0 Å². The molecule has 1 aromatic heterocycles. The summed E-state index contributed by atoms with van der Waals surface area (Å²) >= 11 is 0. The lowest BCUT2D eigenvalue weighted by Gasteiger charge is -2.25. The second-order valence-corrected chi connectivity index (χ2v) is 4.69. The minimum absolute atomic E-state index is 0. The van der Waals surface area contributed by atoms with E-state index < -0.39 is 0 Å². The summed E-state index contributed by atoms with van der Waals surface area (Å²) in [4.78, 5) is 18.0. The fourth-order valence-corrected chi connectivity index (χ4v) is 1.99. The average molecular weight is 291 g/mol. The van der Waals surface area contributed by atoms with Gasteiger partial charge in [0.25, 0.3) is 5.91 Å². The standard InChI is InChI=1S/C16H18N2O.ClH/c1-13(12-14-6-4-3-5-7-14)18(2)16(19)15-8-10-17-11-9-15;/h3-11,13H,12H2,1-2H3;1H. The third kappa shape index (κ3) is 4.07. The first-order valence-electron chi connectivity index (χ1n) is 6.39. The Morgan fingerprint density at radius 3 is 2.35 bits per heavy atom. The number of halogens is 1. The zero-order chi connectivity index (χ0) is 13.7. The maximum Gasteiger partial charge on any atom is 0.253 e. The molecular weight excluding hydrogens is 272 g/mol. The summed E-state index contributed by atoms with van der Waals surface area (Å²) in [5.74, 6) is 0.0332. The molecule has 2 rings (SSSR count). The van der Waals surface area contributed by atoms with Gasteiger partial charge in [-0.2, -0.15) is 0 Å². The molecular formula is C16H19ClN2O. The molecule has 1 aromatic carbocycles. The molecule has 1 unspecified atom stereocenters. The van der Waals surface area contributed by atoms with Gasteiger partial charge in [-0.25, -0.2) is 0 Å². The van der Waals surface area contributed by atoms with E-state index in [1.807, 2.05) is 25.2 Å². The van der Waals surface area contributed by atoms with Gasteiger partial charge < -0.3 is 4.90 Å². The van der Waals surface area contributed by atoms with E-state index in [1.165, 1.54) is 5.56 Å². The van der Waals surface area contributed by atoms with Crippen molar-refractivity contribution in [1.82, 2.24) is 9.88 Å². The van der Waals surface area contributed by atoms with E-state index in [2.05, 4.69) is 24.0 Å². The van der Waals surface area contributed by atoms with Crippen molar-refractivity contribution < 1.29 is 4.79 Å². The van der Waals surface area contributed by atoms with Gasteiger partial charge in [0, 0.05) is 31.0 Å². The van der Waals surface area contributed by atoms with Crippen LogP contribution in [0.1, 0.15) is 22.8 Å². The Morgan fingerprint density at radius 1 is 1.15 bits per heavy atom. The number of rotatable bonds is 4. The smallest absolute Gasteiger partial charge is 0.253 e. The zero-order valence-electron chi connectivity index (χ0n) is 11.7. The van der Waals surface area contributed by atoms with Crippen LogP contribution >= 0.6 is 12.4 Å². The van der Waals surface area contributed by atoms with Crippen LogP contribution in [-0.4, -0.2) is 28.9 Å². The van der Waals surface area contributed by atoms with Crippen LogP contribution in [0.25, 0.3) is 0 Å². The maximum atomic E-state index is 12.3. The lowest BCUT2D eigenvalue weighted by atomic mass is 10.1. The molecule has 0 saturated heterocycles. The van der Waals surface area contributed by atoms with Crippen LogP contribution in [-0.2, 0) is 6.42 Å². The van der Waals surface area contributed by atoms with Crippen LogP contribution in [0.5, 0.6) is 0 Å². The van der Waals surface area contributed by atoms with Gasteiger partial charge in [0.05, 0.1) is 0 Å². The number of carbonyl (C=O) groups is 1. The third-order valence-electron chi connectivity index (χ3n) is 3.28. The molecule has 106 valence electrons. The summed E-state index contributed by atoms with van der Waals surface area (Å²) in [6.07, 6.45) is 4.14. The van der Waals surface area contributed by atoms with E-state index >= 15 is 0 Å². The molecule has 20 heavy (non-hydrogen) atoms. The predicted octanol–water partition coefficient (Wildman–Crippen LogP) is 3.21. The van der Waals surface area contributed by atoms with Gasteiger partial charge in [0.2, 0.25) is 0 Å². The minimum atomic E-state index is 0. The second-order valence-electron chi connectivity index (χ2n) is 4.69. The number of hydrogen-bond acceptors (Lipinski definition) is 2. The predicted molar refractivity (Wildman–Crippen MR) is 83.2 cm³/mol. The first-order chi connectivity index (χ1) is 9.18. The molecule has 0 fully saturated rings. The highest BCUT2D eigenvalue weighted by Crippen LogP contribution is 2.10. The molecule has 0 bridgehead atoms. The molecule has 1 amide bonds. The highest BCUT2D eigenvalue weighted by atomic mass is 35.5. The van der Waals surface area contributed by atoms with Crippen molar-refractivity contribution in [3.05, 3.63) is 66.0 Å². The van der Waals surface area contributed by atoms with Crippen molar-refractivity contribution >= 4 is 18.3 Å². The van der Waals surface area contributed by atoms with E-state index in [1.54, 1.807) is 29.4 Å². The average Bonchev–Trinajstić information content (AvgIpc) is 2.47. The van der Waals surface area contributed by atoms with Gasteiger partial charge in [0.1, 0.15) is 0 Å². The van der Waals surface area contributed by atoms with Crippen LogP contribution in [0.15, 0.2) is 54.9 Å². The van der Waals surface area contributed by atoms with Crippen LogP contribution in [0, 0.1) is 0 Å². The van der Waals surface area contributed by atoms with Gasteiger partial charge >= 0.3 is 0 Å². The summed E-state index contributed by atoms with van der Waals surface area (Å²) < 4.78 is 0. The van der Waals surface area contributed by atoms with E-state index in [0.717, 1.165) is 6.42 Å². The van der Waals surface area contributed by atoms with E-state index in [0.29, 0.717) is 5.56 Å². The molecule has 0 aliphatic carbocycles. The van der Waals surface area contributed by atoms with Gasteiger partial charge in [-0.3, -0.25) is 9.78 Å². The van der Waals surface area contributed by atoms with Crippen molar-refractivity contribution in [1.29, 1.82) is 0 Å². The summed E-state index contributed by atoms with van der Waals surface area (Å²) in [6, 6.07) is 13.9. The Kier molecular flexibility index (Phi) is 6.19. The minimum Gasteiger partial charge on any atom is -0.339 e. The Morgan fingerprint density at radius 2 is 1.75 bits per heavy atom. The molecule has 1 heterocycles. The number of nitrogens with zero attached hydrogens (tertiary/aromatic N) is 2. The topological polar surface area (TPSA) is 33.2 Å². The van der Waals surface area contributed by atoms with Gasteiger partial charge in [-0.15, -0.1) is 12.4 Å². The molecule has 0 saturated carbocycles. The molecule has 2 aromatic rings. The first-order valence-corrected chi connectivity index (χ1v) is 6.39. The van der Waals surface area contributed by atoms with Crippen molar-refractivity contribution in [2.75, 3.05) is 7.05 Å². The highest BCUT2D eigenvalue weighted by molar-refractivity contribution is 5.94. The number of likely N-dealkylation sites (N-methyl/N-ethyl adjacent to an activating group) is 1. The van der Waals surface area contributed by atoms with Gasteiger partial charge in [-0.1, -0.05) is 30.3 Å². The summed E-state index contributed by atoms with van der Waals surface area (Å²) in [5.41, 5.74) is 1.92. The highest BCUT2D eigenvalue weighted by Gasteiger charge is 2.17. The molecule has 0 aliphatic rings. The van der Waals surface area contributed by atoms with Crippen LogP contribution < -0.4 is 0 Å². The fourth-order valence-electron chi connectivity index (χ4n) is 1.99. The van der Waals surface area contributed by atoms with Crippen LogP contribution in [0.3, 0.4) is 0 Å². The van der Waals surface area contributed by atoms with Crippen molar-refractivity contribution in [2.24, 2.45) is 0 Å². The number of aromatic nitrogens is 1. The van der Waals surface area contributed by atoms with E-state index in [-0.39, 0.29) is 24.4 Å². The molecule has 0 N–H and O–H groups in total. The number of carbonyl (C=O) groups excluding carboxylic acids is 1. The maximum absolute atomic E-state index is 12.3. The number of pyridine rings is 1. The Bertz CT molecular complexity index is 531. The van der Waals surface area contributed by atoms with Gasteiger partial charge in [0.15, 0.2) is 0 Å². The normalized spacial score (nSPS) is 11.3. The van der Waals surface area contributed by atoms with Crippen molar-refractivity contribution in [2.45, 2.75) is 19.4 Å². The molecule has 1 atom stereocenters. The monoisotopic (exact) mass is 290 g/mol. The Balaban J connectivity index is 0.00000200. The Hall–Kier alpha value is -1.87. The lowest BCUT2D eigenvalue weighted by Crippen LogP contribution is -2.36. The molecule has 0 aliphatic heterocycles. The summed E-state index contributed by atoms with van der Waals surface area (Å²) in [6.45, 7) is 2.06. The number of amides is 1. The molecule has 4 heteroatoms. The SMILES string of the molecule is CC(Cc1ccccc1)N(C)C(=O)c1ccncc1.Cl. The molecule has 0 spiro atoms. The lowest BCUT2D eigenvalue weighted by molar-refractivity contribution is 0.0743. The summed E-state index contributed by atoms with van der Waals surface area (Å²) in [5, 5.41) is 0. The van der Waals surface area contributed by atoms with Crippen molar-refractivity contribution in [3.63, 3.8) is 0 Å². The molecule has 0 radical (unpaired) electrons. The largest absolute Gasteiger partial charge is 0.339 e. The number of hydrogen-bond donors (Lipinski definition) is 0. The molecule has 3 nitrogen and oxygen atoms in total. The zero-order valence-corrected chi connectivity index (χ0v) is 12.5. The fraction of sp³-hybridized carbons (Fsp3) is 0.250. The van der Waals surface area contributed by atoms with E-state index in [4.69, 9.17) is 0 Å². The third-order valence-corrected chi connectivity index (χ3v) is 3.28. The summed E-state index contributed by atoms with van der Waals surface area (Å²) in [7, 11) is 1.84. The second kappa shape index (κ2) is 7.65. The Labute approximate surface area is 126 Å². The quantitative estimate of drug-likeness (QED) is 0.866. The van der Waals surface area contributed by atoms with Crippen LogP contribution in [0.4, 0.5) is 0 Å². The van der Waals surface area contributed by atoms with Crippen LogP contribution in [0.2, 0.25) is 0 Å². The first kappa shape index (κ1) is 16.2. The van der Waals surface area contributed by atoms with E-state index in [9.17, 15) is 4.79 Å².